The second-order valence-electron chi connectivity index (χ2n) is 7.54. The van der Waals surface area contributed by atoms with Gasteiger partial charge in [-0.3, -0.25) is 9.59 Å². The fourth-order valence-corrected chi connectivity index (χ4v) is 3.61. The standard InChI is InChI=1S/C22H23N3O6/c1-13(19(26)23-11-14-4-7-16(29-3)8-5-14)25-20(27)22(2,24-21(25)28)15-6-9-17-18(10-15)31-12-30-17/h4-10,13H,11-12H2,1-3H3,(H,23,26)(H,24,28). The zero-order valence-electron chi connectivity index (χ0n) is 17.4. The van der Waals surface area contributed by atoms with E-state index < -0.39 is 29.4 Å². The van der Waals surface area contributed by atoms with Gasteiger partial charge in [-0.2, -0.15) is 0 Å². The van der Waals surface area contributed by atoms with E-state index in [1.807, 2.05) is 12.1 Å². The minimum Gasteiger partial charge on any atom is -0.497 e. The molecule has 4 rings (SSSR count). The molecular weight excluding hydrogens is 402 g/mol. The van der Waals surface area contributed by atoms with Gasteiger partial charge in [-0.1, -0.05) is 18.2 Å². The lowest BCUT2D eigenvalue weighted by Gasteiger charge is -2.24. The number of nitrogens with one attached hydrogen (secondary N) is 2. The van der Waals surface area contributed by atoms with Crippen LogP contribution in [0, 0.1) is 0 Å². The van der Waals surface area contributed by atoms with E-state index in [1.165, 1.54) is 6.92 Å². The first-order valence-electron chi connectivity index (χ1n) is 9.80. The maximum absolute atomic E-state index is 13.2. The highest BCUT2D eigenvalue weighted by Crippen LogP contribution is 2.38. The van der Waals surface area contributed by atoms with Gasteiger partial charge in [0.25, 0.3) is 5.91 Å². The summed E-state index contributed by atoms with van der Waals surface area (Å²) in [5, 5.41) is 5.47. The predicted octanol–water partition coefficient (Wildman–Crippen LogP) is 1.90. The monoisotopic (exact) mass is 425 g/mol. The largest absolute Gasteiger partial charge is 0.497 e. The number of hydrogen-bond donors (Lipinski definition) is 2. The number of urea groups is 1. The van der Waals surface area contributed by atoms with Crippen molar-refractivity contribution in [3.05, 3.63) is 53.6 Å². The van der Waals surface area contributed by atoms with Crippen LogP contribution in [-0.4, -0.2) is 42.7 Å². The number of hydrogen-bond acceptors (Lipinski definition) is 6. The highest BCUT2D eigenvalue weighted by Gasteiger charge is 2.52. The summed E-state index contributed by atoms with van der Waals surface area (Å²) in [4.78, 5) is 39.5. The summed E-state index contributed by atoms with van der Waals surface area (Å²) in [6.07, 6.45) is 0. The molecule has 2 heterocycles. The van der Waals surface area contributed by atoms with Crippen LogP contribution in [0.3, 0.4) is 0 Å². The molecule has 2 aliphatic rings. The Hall–Kier alpha value is -3.75. The first-order chi connectivity index (χ1) is 14.8. The number of benzene rings is 2. The van der Waals surface area contributed by atoms with Crippen molar-refractivity contribution in [3.8, 4) is 17.2 Å². The van der Waals surface area contributed by atoms with Crippen LogP contribution in [0.1, 0.15) is 25.0 Å². The van der Waals surface area contributed by atoms with E-state index in [-0.39, 0.29) is 13.3 Å². The van der Waals surface area contributed by atoms with E-state index in [0.717, 1.165) is 10.5 Å². The lowest BCUT2D eigenvalue weighted by molar-refractivity contribution is -0.137. The van der Waals surface area contributed by atoms with E-state index in [1.54, 1.807) is 44.4 Å². The van der Waals surface area contributed by atoms with Crippen molar-refractivity contribution in [3.63, 3.8) is 0 Å². The van der Waals surface area contributed by atoms with Gasteiger partial charge in [0.2, 0.25) is 12.7 Å². The molecule has 2 aliphatic heterocycles. The number of methoxy groups -OCH3 is 1. The minimum absolute atomic E-state index is 0.104. The summed E-state index contributed by atoms with van der Waals surface area (Å²) in [6.45, 7) is 3.49. The van der Waals surface area contributed by atoms with Crippen molar-refractivity contribution in [2.24, 2.45) is 0 Å². The van der Waals surface area contributed by atoms with Crippen LogP contribution in [0.4, 0.5) is 4.79 Å². The van der Waals surface area contributed by atoms with Crippen LogP contribution in [0.5, 0.6) is 17.2 Å². The first-order valence-corrected chi connectivity index (χ1v) is 9.80. The molecule has 0 spiro atoms. The van der Waals surface area contributed by atoms with E-state index in [0.29, 0.717) is 22.8 Å². The fraction of sp³-hybridized carbons (Fsp3) is 0.318. The van der Waals surface area contributed by atoms with Gasteiger partial charge in [0.1, 0.15) is 17.3 Å². The van der Waals surface area contributed by atoms with Gasteiger partial charge in [0.15, 0.2) is 11.5 Å². The van der Waals surface area contributed by atoms with E-state index in [4.69, 9.17) is 14.2 Å². The molecule has 0 aliphatic carbocycles. The number of carbonyl (C=O) groups excluding carboxylic acids is 3. The quantitative estimate of drug-likeness (QED) is 0.685. The smallest absolute Gasteiger partial charge is 0.326 e. The van der Waals surface area contributed by atoms with Gasteiger partial charge >= 0.3 is 6.03 Å². The summed E-state index contributed by atoms with van der Waals surface area (Å²) >= 11 is 0. The lowest BCUT2D eigenvalue weighted by atomic mass is 9.91. The van der Waals surface area contributed by atoms with E-state index in [2.05, 4.69) is 10.6 Å². The van der Waals surface area contributed by atoms with Gasteiger partial charge in [-0.05, 0) is 49.2 Å². The van der Waals surface area contributed by atoms with Crippen molar-refractivity contribution in [1.82, 2.24) is 15.5 Å². The summed E-state index contributed by atoms with van der Waals surface area (Å²) < 4.78 is 15.8. The van der Waals surface area contributed by atoms with Crippen LogP contribution in [-0.2, 0) is 21.7 Å². The molecule has 2 aromatic rings. The molecule has 9 heteroatoms. The molecule has 0 aromatic heterocycles. The Morgan fingerprint density at radius 2 is 1.90 bits per heavy atom. The number of amides is 4. The van der Waals surface area contributed by atoms with Crippen LogP contribution in [0.25, 0.3) is 0 Å². The Bertz CT molecular complexity index is 1040. The Kier molecular flexibility index (Phi) is 5.18. The number of fused-ring (bicyclic) bond motifs is 1. The molecule has 0 radical (unpaired) electrons. The van der Waals surface area contributed by atoms with Crippen molar-refractivity contribution in [2.75, 3.05) is 13.9 Å². The molecule has 2 N–H and O–H groups in total. The molecule has 2 unspecified atom stereocenters. The summed E-state index contributed by atoms with van der Waals surface area (Å²) in [6, 6.07) is 10.7. The van der Waals surface area contributed by atoms with Crippen molar-refractivity contribution in [1.29, 1.82) is 0 Å². The zero-order valence-corrected chi connectivity index (χ0v) is 17.4. The first kappa shape index (κ1) is 20.5. The lowest BCUT2D eigenvalue weighted by Crippen LogP contribution is -2.49. The molecule has 162 valence electrons. The van der Waals surface area contributed by atoms with Gasteiger partial charge in [0.05, 0.1) is 7.11 Å². The van der Waals surface area contributed by atoms with Crippen molar-refractivity contribution < 1.29 is 28.6 Å². The molecule has 0 bridgehead atoms. The van der Waals surface area contributed by atoms with Gasteiger partial charge in [-0.25, -0.2) is 9.69 Å². The van der Waals surface area contributed by atoms with Gasteiger partial charge in [-0.15, -0.1) is 0 Å². The average molecular weight is 425 g/mol. The van der Waals surface area contributed by atoms with Crippen molar-refractivity contribution >= 4 is 17.8 Å². The Morgan fingerprint density at radius 1 is 1.19 bits per heavy atom. The average Bonchev–Trinajstić information content (AvgIpc) is 3.33. The molecule has 1 fully saturated rings. The fourth-order valence-electron chi connectivity index (χ4n) is 3.61. The topological polar surface area (TPSA) is 106 Å². The maximum atomic E-state index is 13.2. The van der Waals surface area contributed by atoms with Crippen LogP contribution < -0.4 is 24.8 Å². The number of imide groups is 1. The van der Waals surface area contributed by atoms with E-state index in [9.17, 15) is 14.4 Å². The SMILES string of the molecule is COc1ccc(CNC(=O)C(C)N2C(=O)NC(C)(c3ccc4c(c3)OCO4)C2=O)cc1. The molecule has 0 saturated carbocycles. The highest BCUT2D eigenvalue weighted by molar-refractivity contribution is 6.10. The maximum Gasteiger partial charge on any atom is 0.326 e. The second kappa shape index (κ2) is 7.82. The number of carbonyl (C=O) groups is 3. The molecule has 4 amide bonds. The van der Waals surface area contributed by atoms with Crippen LogP contribution in [0.2, 0.25) is 0 Å². The zero-order chi connectivity index (χ0) is 22.2. The second-order valence-corrected chi connectivity index (χ2v) is 7.54. The highest BCUT2D eigenvalue weighted by atomic mass is 16.7. The van der Waals surface area contributed by atoms with E-state index >= 15 is 0 Å². The third-order valence-corrected chi connectivity index (χ3v) is 5.56. The third-order valence-electron chi connectivity index (χ3n) is 5.56. The van der Waals surface area contributed by atoms with Crippen LogP contribution >= 0.6 is 0 Å². The van der Waals surface area contributed by atoms with Crippen LogP contribution in [0.15, 0.2) is 42.5 Å². The van der Waals surface area contributed by atoms with Gasteiger partial charge in [0, 0.05) is 6.54 Å². The summed E-state index contributed by atoms with van der Waals surface area (Å²) in [5.74, 6) is 0.847. The Labute approximate surface area is 179 Å². The molecule has 31 heavy (non-hydrogen) atoms. The predicted molar refractivity (Wildman–Crippen MR) is 110 cm³/mol. The third kappa shape index (κ3) is 3.63. The number of nitrogens with zero attached hydrogens (tertiary/aromatic N) is 1. The number of rotatable bonds is 6. The summed E-state index contributed by atoms with van der Waals surface area (Å²) in [7, 11) is 1.58. The van der Waals surface area contributed by atoms with Gasteiger partial charge < -0.3 is 24.8 Å². The summed E-state index contributed by atoms with van der Waals surface area (Å²) in [5.41, 5.74) is 0.0926. The molecule has 2 aromatic carbocycles. The molecule has 9 nitrogen and oxygen atoms in total. The molecular formula is C22H23N3O6. The minimum atomic E-state index is -1.32. The Morgan fingerprint density at radius 3 is 2.61 bits per heavy atom. The normalized spacial score (nSPS) is 20.4. The number of ether oxygens (including phenoxy) is 3. The molecule has 2 atom stereocenters. The molecule has 1 saturated heterocycles. The van der Waals surface area contributed by atoms with Crippen molar-refractivity contribution in [2.45, 2.75) is 32.0 Å². The Balaban J connectivity index is 1.46.